The fraction of sp³-hybridized carbons (Fsp3) is 0.867. The Morgan fingerprint density at radius 2 is 2.05 bits per heavy atom. The predicted octanol–water partition coefficient (Wildman–Crippen LogP) is 1.53. The van der Waals surface area contributed by atoms with Gasteiger partial charge in [0.1, 0.15) is 5.54 Å². The highest BCUT2D eigenvalue weighted by Crippen LogP contribution is 2.14. The molecular weight excluding hydrogens is 254 g/mol. The summed E-state index contributed by atoms with van der Waals surface area (Å²) in [6.45, 7) is 9.25. The average Bonchev–Trinajstić information content (AvgIpc) is 2.38. The van der Waals surface area contributed by atoms with Gasteiger partial charge in [0.05, 0.1) is 19.2 Å². The largest absolute Gasteiger partial charge is 0.395 e. The number of aliphatic hydroxyl groups excluding tert-OH is 1. The molecule has 0 rings (SSSR count). The van der Waals surface area contributed by atoms with Crippen LogP contribution in [-0.2, 0) is 4.79 Å². The minimum Gasteiger partial charge on any atom is -0.395 e. The second-order valence-electron chi connectivity index (χ2n) is 5.72. The fourth-order valence-corrected chi connectivity index (χ4v) is 1.83. The van der Waals surface area contributed by atoms with Gasteiger partial charge in [0, 0.05) is 6.54 Å². The average molecular weight is 283 g/mol. The SMILES string of the molecule is CCCCCN(CCO)CC(=O)NC(C)(C#N)C(C)C. The van der Waals surface area contributed by atoms with Gasteiger partial charge in [0.15, 0.2) is 0 Å². The zero-order valence-electron chi connectivity index (χ0n) is 13.3. The molecule has 0 bridgehead atoms. The van der Waals surface area contributed by atoms with Crippen molar-refractivity contribution in [2.45, 2.75) is 52.5 Å². The van der Waals surface area contributed by atoms with Crippen molar-refractivity contribution in [1.29, 1.82) is 5.26 Å². The van der Waals surface area contributed by atoms with Crippen molar-refractivity contribution in [2.75, 3.05) is 26.2 Å². The van der Waals surface area contributed by atoms with E-state index >= 15 is 0 Å². The van der Waals surface area contributed by atoms with Crippen LogP contribution in [0, 0.1) is 17.2 Å². The first-order valence-electron chi connectivity index (χ1n) is 7.45. The highest BCUT2D eigenvalue weighted by Gasteiger charge is 2.30. The highest BCUT2D eigenvalue weighted by atomic mass is 16.3. The molecular formula is C15H29N3O2. The summed E-state index contributed by atoms with van der Waals surface area (Å²) >= 11 is 0. The van der Waals surface area contributed by atoms with Crippen LogP contribution in [0.3, 0.4) is 0 Å². The smallest absolute Gasteiger partial charge is 0.235 e. The third-order valence-corrected chi connectivity index (χ3v) is 3.65. The molecule has 0 aromatic rings. The Labute approximate surface area is 123 Å². The van der Waals surface area contributed by atoms with E-state index in [-0.39, 0.29) is 25.0 Å². The Hall–Kier alpha value is -1.12. The number of amides is 1. The van der Waals surface area contributed by atoms with Crippen LogP contribution in [0.15, 0.2) is 0 Å². The molecule has 1 unspecified atom stereocenters. The summed E-state index contributed by atoms with van der Waals surface area (Å²) in [5, 5.41) is 21.0. The van der Waals surface area contributed by atoms with Gasteiger partial charge in [0.2, 0.25) is 5.91 Å². The van der Waals surface area contributed by atoms with Gasteiger partial charge in [-0.3, -0.25) is 9.69 Å². The van der Waals surface area contributed by atoms with Crippen LogP contribution in [0.25, 0.3) is 0 Å². The maximum Gasteiger partial charge on any atom is 0.235 e. The first kappa shape index (κ1) is 18.9. The van der Waals surface area contributed by atoms with Gasteiger partial charge in [-0.1, -0.05) is 33.6 Å². The molecule has 0 fully saturated rings. The zero-order valence-corrected chi connectivity index (χ0v) is 13.3. The topological polar surface area (TPSA) is 76.4 Å². The number of hydrogen-bond donors (Lipinski definition) is 2. The fourth-order valence-electron chi connectivity index (χ4n) is 1.83. The lowest BCUT2D eigenvalue weighted by Crippen LogP contribution is -2.52. The number of nitriles is 1. The number of nitrogens with zero attached hydrogens (tertiary/aromatic N) is 2. The molecule has 0 aliphatic rings. The van der Waals surface area contributed by atoms with Crippen LogP contribution in [0.1, 0.15) is 47.0 Å². The van der Waals surface area contributed by atoms with Gasteiger partial charge >= 0.3 is 0 Å². The minimum absolute atomic E-state index is 0.0408. The van der Waals surface area contributed by atoms with Gasteiger partial charge in [-0.25, -0.2) is 0 Å². The van der Waals surface area contributed by atoms with Crippen LogP contribution in [0.4, 0.5) is 0 Å². The van der Waals surface area contributed by atoms with Crippen LogP contribution in [0.2, 0.25) is 0 Å². The van der Waals surface area contributed by atoms with Crippen LogP contribution < -0.4 is 5.32 Å². The Balaban J connectivity index is 4.41. The normalized spacial score (nSPS) is 14.1. The minimum atomic E-state index is -0.842. The number of hydrogen-bond acceptors (Lipinski definition) is 4. The van der Waals surface area contributed by atoms with Crippen LogP contribution >= 0.6 is 0 Å². The molecule has 2 N–H and O–H groups in total. The Morgan fingerprint density at radius 3 is 2.50 bits per heavy atom. The van der Waals surface area contributed by atoms with Crippen molar-refractivity contribution in [2.24, 2.45) is 5.92 Å². The molecule has 0 aliphatic carbocycles. The van der Waals surface area contributed by atoms with Crippen LogP contribution in [0.5, 0.6) is 0 Å². The van der Waals surface area contributed by atoms with E-state index in [1.165, 1.54) is 0 Å². The molecule has 0 radical (unpaired) electrons. The van der Waals surface area contributed by atoms with Crippen molar-refractivity contribution in [3.05, 3.63) is 0 Å². The van der Waals surface area contributed by atoms with Gasteiger partial charge in [-0.15, -0.1) is 0 Å². The molecule has 0 saturated heterocycles. The van der Waals surface area contributed by atoms with E-state index in [0.717, 1.165) is 25.8 Å². The van der Waals surface area contributed by atoms with Crippen molar-refractivity contribution >= 4 is 5.91 Å². The summed E-state index contributed by atoms with van der Waals surface area (Å²) in [5.41, 5.74) is -0.842. The molecule has 0 spiro atoms. The van der Waals surface area contributed by atoms with E-state index in [1.807, 2.05) is 18.7 Å². The van der Waals surface area contributed by atoms with Gasteiger partial charge in [-0.05, 0) is 25.8 Å². The highest BCUT2D eigenvalue weighted by molar-refractivity contribution is 5.79. The third kappa shape index (κ3) is 6.88. The number of carbonyl (C=O) groups is 1. The molecule has 0 saturated carbocycles. The lowest BCUT2D eigenvalue weighted by atomic mass is 9.90. The lowest BCUT2D eigenvalue weighted by molar-refractivity contribution is -0.124. The number of carbonyl (C=O) groups excluding carboxylic acids is 1. The second-order valence-corrected chi connectivity index (χ2v) is 5.72. The second kappa shape index (κ2) is 9.73. The van der Waals surface area contributed by atoms with E-state index < -0.39 is 5.54 Å². The Bertz CT molecular complexity index is 326. The first-order valence-corrected chi connectivity index (χ1v) is 7.45. The molecule has 20 heavy (non-hydrogen) atoms. The first-order chi connectivity index (χ1) is 9.39. The molecule has 5 nitrogen and oxygen atoms in total. The van der Waals surface area contributed by atoms with Gasteiger partial charge < -0.3 is 10.4 Å². The van der Waals surface area contributed by atoms with Crippen molar-refractivity contribution in [1.82, 2.24) is 10.2 Å². The van der Waals surface area contributed by atoms with E-state index in [1.54, 1.807) is 6.92 Å². The quantitative estimate of drug-likeness (QED) is 0.596. The summed E-state index contributed by atoms with van der Waals surface area (Å²) < 4.78 is 0. The predicted molar refractivity (Wildman–Crippen MR) is 80.0 cm³/mol. The third-order valence-electron chi connectivity index (χ3n) is 3.65. The van der Waals surface area contributed by atoms with E-state index in [2.05, 4.69) is 18.3 Å². The molecule has 1 amide bonds. The molecule has 0 aromatic heterocycles. The maximum atomic E-state index is 12.1. The molecule has 0 aromatic carbocycles. The summed E-state index contributed by atoms with van der Waals surface area (Å²) in [4.78, 5) is 14.0. The number of nitrogens with one attached hydrogen (secondary N) is 1. The summed E-state index contributed by atoms with van der Waals surface area (Å²) in [6, 6.07) is 2.17. The number of unbranched alkanes of at least 4 members (excludes halogenated alkanes) is 2. The van der Waals surface area contributed by atoms with Crippen molar-refractivity contribution in [3.8, 4) is 6.07 Å². The number of aliphatic hydroxyl groups is 1. The maximum absolute atomic E-state index is 12.1. The summed E-state index contributed by atoms with van der Waals surface area (Å²) in [7, 11) is 0. The van der Waals surface area contributed by atoms with Crippen LogP contribution in [-0.4, -0.2) is 47.7 Å². The van der Waals surface area contributed by atoms with Crippen molar-refractivity contribution in [3.63, 3.8) is 0 Å². The van der Waals surface area contributed by atoms with Crippen molar-refractivity contribution < 1.29 is 9.90 Å². The molecule has 0 heterocycles. The molecule has 5 heteroatoms. The zero-order chi connectivity index (χ0) is 15.6. The molecule has 1 atom stereocenters. The van der Waals surface area contributed by atoms with Gasteiger partial charge in [0.25, 0.3) is 0 Å². The molecule has 0 aliphatic heterocycles. The summed E-state index contributed by atoms with van der Waals surface area (Å²) in [6.07, 6.45) is 3.26. The van der Waals surface area contributed by atoms with E-state index in [4.69, 9.17) is 5.11 Å². The Kier molecular flexibility index (Phi) is 9.19. The lowest BCUT2D eigenvalue weighted by Gasteiger charge is -2.29. The molecule has 116 valence electrons. The van der Waals surface area contributed by atoms with Gasteiger partial charge in [-0.2, -0.15) is 5.26 Å². The standard InChI is InChI=1S/C15H29N3O2/c1-5-6-7-8-18(9-10-19)11-14(20)17-15(4,12-16)13(2)3/h13,19H,5-11H2,1-4H3,(H,17,20). The summed E-state index contributed by atoms with van der Waals surface area (Å²) in [5.74, 6) is -0.115. The Morgan fingerprint density at radius 1 is 1.40 bits per heavy atom. The van der Waals surface area contributed by atoms with E-state index in [9.17, 15) is 10.1 Å². The van der Waals surface area contributed by atoms with E-state index in [0.29, 0.717) is 6.54 Å². The monoisotopic (exact) mass is 283 g/mol. The number of rotatable bonds is 10.